The Labute approximate surface area is 165 Å². The highest BCUT2D eigenvalue weighted by atomic mass is 19.1. The average Bonchev–Trinajstić information content (AvgIpc) is 2.99. The van der Waals surface area contributed by atoms with Gasteiger partial charge in [-0.3, -0.25) is 4.79 Å². The Morgan fingerprint density at radius 3 is 2.52 bits per heavy atom. The Hall–Kier alpha value is -3.82. The third kappa shape index (κ3) is 5.12. The number of amides is 1. The Morgan fingerprint density at radius 2 is 1.93 bits per heavy atom. The van der Waals surface area contributed by atoms with Crippen molar-refractivity contribution in [3.63, 3.8) is 0 Å². The number of rotatable bonds is 6. The van der Waals surface area contributed by atoms with Crippen LogP contribution in [-0.4, -0.2) is 33.1 Å². The number of carbonyl (C=O) groups excluding carboxylic acids is 1. The van der Waals surface area contributed by atoms with Crippen LogP contribution in [0.15, 0.2) is 47.8 Å². The summed E-state index contributed by atoms with van der Waals surface area (Å²) in [4.78, 5) is 21.0. The zero-order valence-corrected chi connectivity index (χ0v) is 15.7. The number of benzene rings is 1. The van der Waals surface area contributed by atoms with E-state index in [9.17, 15) is 13.6 Å². The molecule has 0 aliphatic rings. The number of nitrogens with one attached hydrogen (secondary N) is 1. The summed E-state index contributed by atoms with van der Waals surface area (Å²) in [5, 5.41) is 10.3. The summed E-state index contributed by atoms with van der Waals surface area (Å²) >= 11 is 0. The number of hydrogen-bond donors (Lipinski definition) is 2. The van der Waals surface area contributed by atoms with Crippen LogP contribution in [-0.2, 0) is 9.63 Å². The van der Waals surface area contributed by atoms with Crippen molar-refractivity contribution in [2.75, 3.05) is 11.9 Å². The number of oxime groups is 1. The van der Waals surface area contributed by atoms with Gasteiger partial charge in [0.2, 0.25) is 0 Å². The maximum atomic E-state index is 13.1. The molecule has 29 heavy (non-hydrogen) atoms. The predicted octanol–water partition coefficient (Wildman–Crippen LogP) is 2.44. The molecular weight excluding hydrogens is 382 g/mol. The summed E-state index contributed by atoms with van der Waals surface area (Å²) < 4.78 is 27.9. The van der Waals surface area contributed by atoms with Gasteiger partial charge in [0.15, 0.2) is 18.3 Å². The van der Waals surface area contributed by atoms with Crippen molar-refractivity contribution in [2.24, 2.45) is 10.9 Å². The second kappa shape index (κ2) is 8.46. The highest BCUT2D eigenvalue weighted by Gasteiger charge is 2.08. The van der Waals surface area contributed by atoms with E-state index in [1.807, 2.05) is 19.9 Å². The lowest BCUT2D eigenvalue weighted by molar-refractivity contribution is -0.120. The molecular formula is C19H18F2N6O2. The van der Waals surface area contributed by atoms with Gasteiger partial charge in [0.25, 0.3) is 5.91 Å². The summed E-state index contributed by atoms with van der Waals surface area (Å²) in [6.45, 7) is 3.32. The molecule has 0 saturated carbocycles. The molecule has 0 atom stereocenters. The van der Waals surface area contributed by atoms with E-state index in [4.69, 9.17) is 10.6 Å². The van der Waals surface area contributed by atoms with Gasteiger partial charge in [-0.15, -0.1) is 0 Å². The van der Waals surface area contributed by atoms with Crippen LogP contribution in [0.1, 0.15) is 17.0 Å². The van der Waals surface area contributed by atoms with E-state index in [-0.39, 0.29) is 11.5 Å². The van der Waals surface area contributed by atoms with Crippen LogP contribution < -0.4 is 11.1 Å². The lowest BCUT2D eigenvalue weighted by Crippen LogP contribution is -2.19. The summed E-state index contributed by atoms with van der Waals surface area (Å²) in [7, 11) is 0. The number of pyridine rings is 1. The number of nitrogens with two attached hydrogens (primary N) is 1. The topological polar surface area (TPSA) is 107 Å². The molecule has 0 unspecified atom stereocenters. The number of halogens is 2. The van der Waals surface area contributed by atoms with Crippen molar-refractivity contribution < 1.29 is 18.4 Å². The monoisotopic (exact) mass is 400 g/mol. The molecule has 0 bridgehead atoms. The molecule has 3 aromatic rings. The summed E-state index contributed by atoms with van der Waals surface area (Å²) in [6, 6.07) is 8.01. The van der Waals surface area contributed by atoms with Crippen LogP contribution in [0.4, 0.5) is 14.5 Å². The fourth-order valence-electron chi connectivity index (χ4n) is 2.56. The molecule has 0 fully saturated rings. The van der Waals surface area contributed by atoms with E-state index in [2.05, 4.69) is 20.6 Å². The van der Waals surface area contributed by atoms with Crippen LogP contribution in [0, 0.1) is 25.5 Å². The first-order chi connectivity index (χ1) is 13.8. The minimum Gasteiger partial charge on any atom is -0.384 e. The van der Waals surface area contributed by atoms with E-state index >= 15 is 0 Å². The van der Waals surface area contributed by atoms with E-state index in [0.717, 1.165) is 23.5 Å². The highest BCUT2D eigenvalue weighted by Crippen LogP contribution is 2.13. The van der Waals surface area contributed by atoms with Crippen molar-refractivity contribution in [3.05, 3.63) is 71.2 Å². The maximum absolute atomic E-state index is 13.1. The van der Waals surface area contributed by atoms with Crippen LogP contribution in [0.3, 0.4) is 0 Å². The van der Waals surface area contributed by atoms with Crippen molar-refractivity contribution in [1.82, 2.24) is 14.8 Å². The molecule has 3 N–H and O–H groups in total. The van der Waals surface area contributed by atoms with Gasteiger partial charge in [-0.25, -0.2) is 18.4 Å². The molecule has 0 radical (unpaired) electrons. The standard InChI is InChI=1S/C19H18F2N6O2/c1-11-5-12(2)27(25-11)17-4-3-13(9-23-17)19(22)26-29-10-18(28)24-16-7-14(20)6-15(21)8-16/h3-9H,10H2,1-2H3,(H2,22,26)(H,24,28). The second-order valence-electron chi connectivity index (χ2n) is 6.20. The number of amidine groups is 1. The van der Waals surface area contributed by atoms with Crippen molar-refractivity contribution in [3.8, 4) is 5.82 Å². The van der Waals surface area contributed by atoms with E-state index in [0.29, 0.717) is 17.4 Å². The van der Waals surface area contributed by atoms with Gasteiger partial charge >= 0.3 is 0 Å². The van der Waals surface area contributed by atoms with Gasteiger partial charge in [0.1, 0.15) is 11.6 Å². The quantitative estimate of drug-likeness (QED) is 0.375. The summed E-state index contributed by atoms with van der Waals surface area (Å²) in [6.07, 6.45) is 1.50. The van der Waals surface area contributed by atoms with Crippen molar-refractivity contribution in [1.29, 1.82) is 0 Å². The van der Waals surface area contributed by atoms with Gasteiger partial charge in [-0.2, -0.15) is 5.10 Å². The van der Waals surface area contributed by atoms with Gasteiger partial charge in [-0.05, 0) is 44.2 Å². The first kappa shape index (κ1) is 19.9. The van der Waals surface area contributed by atoms with Gasteiger partial charge in [0, 0.05) is 29.2 Å². The molecule has 1 aromatic carbocycles. The fourth-order valence-corrected chi connectivity index (χ4v) is 2.56. The number of nitrogens with zero attached hydrogens (tertiary/aromatic N) is 4. The van der Waals surface area contributed by atoms with E-state index in [1.165, 1.54) is 6.20 Å². The lowest BCUT2D eigenvalue weighted by atomic mass is 10.2. The first-order valence-electron chi connectivity index (χ1n) is 8.53. The Morgan fingerprint density at radius 1 is 1.21 bits per heavy atom. The van der Waals surface area contributed by atoms with Crippen LogP contribution in [0.5, 0.6) is 0 Å². The third-order valence-electron chi connectivity index (χ3n) is 3.78. The third-order valence-corrected chi connectivity index (χ3v) is 3.78. The van der Waals surface area contributed by atoms with Crippen molar-refractivity contribution in [2.45, 2.75) is 13.8 Å². The Balaban J connectivity index is 1.58. The summed E-state index contributed by atoms with van der Waals surface area (Å²) in [5.74, 6) is -1.62. The van der Waals surface area contributed by atoms with Gasteiger partial charge < -0.3 is 15.9 Å². The van der Waals surface area contributed by atoms with Crippen LogP contribution in [0.2, 0.25) is 0 Å². The number of hydrogen-bond acceptors (Lipinski definition) is 5. The molecule has 8 nitrogen and oxygen atoms in total. The minimum atomic E-state index is -0.806. The molecule has 150 valence electrons. The van der Waals surface area contributed by atoms with Crippen molar-refractivity contribution >= 4 is 17.4 Å². The average molecular weight is 400 g/mol. The lowest BCUT2D eigenvalue weighted by Gasteiger charge is -2.06. The molecule has 0 aliphatic heterocycles. The second-order valence-corrected chi connectivity index (χ2v) is 6.20. The molecule has 0 saturated heterocycles. The van der Waals surface area contributed by atoms with Crippen LogP contribution in [0.25, 0.3) is 5.82 Å². The van der Waals surface area contributed by atoms with E-state index in [1.54, 1.807) is 16.8 Å². The molecule has 1 amide bonds. The van der Waals surface area contributed by atoms with Crippen LogP contribution >= 0.6 is 0 Å². The number of anilines is 1. The highest BCUT2D eigenvalue weighted by molar-refractivity contribution is 5.97. The SMILES string of the molecule is Cc1cc(C)n(-c2ccc(/C(N)=N/OCC(=O)Nc3cc(F)cc(F)c3)cn2)n1. The zero-order valence-electron chi connectivity index (χ0n) is 15.7. The fraction of sp³-hybridized carbons (Fsp3) is 0.158. The van der Waals surface area contributed by atoms with E-state index < -0.39 is 24.1 Å². The number of aromatic nitrogens is 3. The molecule has 2 heterocycles. The predicted molar refractivity (Wildman–Crippen MR) is 102 cm³/mol. The number of aryl methyl sites for hydroxylation is 2. The van der Waals surface area contributed by atoms with Gasteiger partial charge in [-0.1, -0.05) is 5.16 Å². The summed E-state index contributed by atoms with van der Waals surface area (Å²) in [5.41, 5.74) is 8.10. The molecule has 10 heteroatoms. The smallest absolute Gasteiger partial charge is 0.265 e. The first-order valence-corrected chi connectivity index (χ1v) is 8.53. The largest absolute Gasteiger partial charge is 0.384 e. The molecule has 2 aromatic heterocycles. The minimum absolute atomic E-state index is 0.0158. The zero-order chi connectivity index (χ0) is 21.0. The Bertz CT molecular complexity index is 1040. The molecule has 0 aliphatic carbocycles. The normalized spacial score (nSPS) is 11.4. The number of carbonyl (C=O) groups is 1. The maximum Gasteiger partial charge on any atom is 0.265 e. The Kier molecular flexibility index (Phi) is 5.82. The van der Waals surface area contributed by atoms with Gasteiger partial charge in [0.05, 0.1) is 5.69 Å². The molecule has 0 spiro atoms. The molecule has 3 rings (SSSR count).